The number of hydrogen-bond donors (Lipinski definition) is 1. The van der Waals surface area contributed by atoms with Crippen LogP contribution in [0, 0.1) is 0 Å². The van der Waals surface area contributed by atoms with Crippen LogP contribution in [0.3, 0.4) is 0 Å². The van der Waals surface area contributed by atoms with Gasteiger partial charge in [0.15, 0.2) is 0 Å². The van der Waals surface area contributed by atoms with E-state index in [-0.39, 0.29) is 5.41 Å². The molecule has 3 heteroatoms. The summed E-state index contributed by atoms with van der Waals surface area (Å²) in [4.78, 5) is 0. The average Bonchev–Trinajstić information content (AvgIpc) is 2.37. The minimum Gasteiger partial charge on any atom is -0.496 e. The monoisotopic (exact) mass is 249 g/mol. The summed E-state index contributed by atoms with van der Waals surface area (Å²) in [5.41, 5.74) is 8.47. The van der Waals surface area contributed by atoms with Crippen molar-refractivity contribution in [3.63, 3.8) is 0 Å². The second kappa shape index (κ2) is 5.72. The van der Waals surface area contributed by atoms with E-state index in [4.69, 9.17) is 15.2 Å². The molecule has 2 rings (SSSR count). The molecule has 1 aromatic carbocycles. The molecule has 0 radical (unpaired) electrons. The molecule has 18 heavy (non-hydrogen) atoms. The van der Waals surface area contributed by atoms with Gasteiger partial charge in [-0.25, -0.2) is 0 Å². The molecule has 1 saturated heterocycles. The van der Waals surface area contributed by atoms with Gasteiger partial charge in [-0.1, -0.05) is 19.1 Å². The minimum atomic E-state index is 0.190. The maximum Gasteiger partial charge on any atom is 0.122 e. The fraction of sp³-hybridized carbons (Fsp3) is 0.600. The summed E-state index contributed by atoms with van der Waals surface area (Å²) in [5, 5.41) is 0. The third-order valence-electron chi connectivity index (χ3n) is 3.89. The molecule has 0 unspecified atom stereocenters. The summed E-state index contributed by atoms with van der Waals surface area (Å²) in [7, 11) is 1.73. The summed E-state index contributed by atoms with van der Waals surface area (Å²) >= 11 is 0. The summed E-state index contributed by atoms with van der Waals surface area (Å²) in [6.07, 6.45) is 3.15. The van der Waals surface area contributed by atoms with Crippen LogP contribution < -0.4 is 10.5 Å². The van der Waals surface area contributed by atoms with E-state index >= 15 is 0 Å². The zero-order valence-corrected chi connectivity index (χ0v) is 11.4. The molecule has 1 fully saturated rings. The van der Waals surface area contributed by atoms with Gasteiger partial charge in [-0.15, -0.1) is 0 Å². The average molecular weight is 249 g/mol. The van der Waals surface area contributed by atoms with Crippen LogP contribution in [0.15, 0.2) is 18.2 Å². The van der Waals surface area contributed by atoms with Gasteiger partial charge in [-0.3, -0.25) is 0 Å². The van der Waals surface area contributed by atoms with Gasteiger partial charge in [0.2, 0.25) is 0 Å². The molecule has 0 spiro atoms. The number of aryl methyl sites for hydroxylation is 1. The Morgan fingerprint density at radius 2 is 2.17 bits per heavy atom. The van der Waals surface area contributed by atoms with Crippen LogP contribution in [0.25, 0.3) is 0 Å². The number of nitrogens with two attached hydrogens (primary N) is 1. The van der Waals surface area contributed by atoms with Gasteiger partial charge in [-0.05, 0) is 43.0 Å². The lowest BCUT2D eigenvalue weighted by atomic mass is 9.74. The number of hydrogen-bond acceptors (Lipinski definition) is 3. The van der Waals surface area contributed by atoms with Gasteiger partial charge in [0.05, 0.1) is 20.3 Å². The molecule has 0 atom stereocenters. The van der Waals surface area contributed by atoms with Gasteiger partial charge in [-0.2, -0.15) is 0 Å². The standard InChI is InChI=1S/C15H23NO2/c1-3-12-9-13(5-6-14(12)17-2)15(7-4-8-16)10-18-11-15/h5-6,9H,3-4,7-8,10-11,16H2,1-2H3. The Balaban J connectivity index is 2.25. The van der Waals surface area contributed by atoms with Crippen molar-refractivity contribution in [3.8, 4) is 5.75 Å². The van der Waals surface area contributed by atoms with Crippen molar-refractivity contribution in [2.75, 3.05) is 26.9 Å². The van der Waals surface area contributed by atoms with E-state index in [1.807, 2.05) is 0 Å². The molecular weight excluding hydrogens is 226 g/mol. The van der Waals surface area contributed by atoms with Crippen LogP contribution in [0.2, 0.25) is 0 Å². The van der Waals surface area contributed by atoms with Crippen molar-refractivity contribution in [1.29, 1.82) is 0 Å². The third-order valence-corrected chi connectivity index (χ3v) is 3.89. The van der Waals surface area contributed by atoms with Gasteiger partial charge in [0.25, 0.3) is 0 Å². The molecule has 1 heterocycles. The Kier molecular flexibility index (Phi) is 4.25. The zero-order chi connectivity index (χ0) is 13.0. The molecule has 1 aromatic rings. The highest BCUT2D eigenvalue weighted by molar-refractivity contribution is 5.41. The van der Waals surface area contributed by atoms with E-state index in [2.05, 4.69) is 25.1 Å². The second-order valence-electron chi connectivity index (χ2n) is 5.05. The summed E-state index contributed by atoms with van der Waals surface area (Å²) < 4.78 is 10.8. The van der Waals surface area contributed by atoms with Crippen LogP contribution >= 0.6 is 0 Å². The molecule has 0 bridgehead atoms. The maximum atomic E-state index is 5.63. The normalized spacial score (nSPS) is 17.3. The van der Waals surface area contributed by atoms with Crippen molar-refractivity contribution >= 4 is 0 Å². The molecule has 100 valence electrons. The molecule has 0 aromatic heterocycles. The van der Waals surface area contributed by atoms with Gasteiger partial charge in [0.1, 0.15) is 5.75 Å². The molecular formula is C15H23NO2. The highest BCUT2D eigenvalue weighted by Gasteiger charge is 2.39. The smallest absolute Gasteiger partial charge is 0.122 e. The Morgan fingerprint density at radius 3 is 2.67 bits per heavy atom. The molecule has 1 aliphatic rings. The predicted molar refractivity (Wildman–Crippen MR) is 73.2 cm³/mol. The molecule has 0 amide bonds. The largest absolute Gasteiger partial charge is 0.496 e. The Bertz CT molecular complexity index is 399. The van der Waals surface area contributed by atoms with Crippen LogP contribution in [0.1, 0.15) is 30.9 Å². The third kappa shape index (κ3) is 2.38. The fourth-order valence-electron chi connectivity index (χ4n) is 2.63. The lowest BCUT2D eigenvalue weighted by Crippen LogP contribution is -2.47. The number of methoxy groups -OCH3 is 1. The van der Waals surface area contributed by atoms with E-state index < -0.39 is 0 Å². The van der Waals surface area contributed by atoms with E-state index in [0.29, 0.717) is 0 Å². The summed E-state index contributed by atoms with van der Waals surface area (Å²) in [6, 6.07) is 6.53. The van der Waals surface area contributed by atoms with E-state index in [9.17, 15) is 0 Å². The Labute approximate surface area is 109 Å². The first-order valence-electron chi connectivity index (χ1n) is 6.71. The van der Waals surface area contributed by atoms with E-state index in [0.717, 1.165) is 44.8 Å². The van der Waals surface area contributed by atoms with Crippen molar-refractivity contribution in [2.24, 2.45) is 5.73 Å². The number of rotatable bonds is 6. The molecule has 3 nitrogen and oxygen atoms in total. The van der Waals surface area contributed by atoms with Crippen molar-refractivity contribution in [2.45, 2.75) is 31.6 Å². The SMILES string of the molecule is CCc1cc(C2(CCCN)COC2)ccc1OC. The highest BCUT2D eigenvalue weighted by Crippen LogP contribution is 2.38. The van der Waals surface area contributed by atoms with E-state index in [1.54, 1.807) is 7.11 Å². The summed E-state index contributed by atoms with van der Waals surface area (Å²) in [5.74, 6) is 0.982. The molecule has 1 aliphatic heterocycles. The number of ether oxygens (including phenoxy) is 2. The second-order valence-corrected chi connectivity index (χ2v) is 5.05. The maximum absolute atomic E-state index is 5.63. The van der Waals surface area contributed by atoms with Gasteiger partial charge < -0.3 is 15.2 Å². The molecule has 0 saturated carbocycles. The molecule has 2 N–H and O–H groups in total. The topological polar surface area (TPSA) is 44.5 Å². The van der Waals surface area contributed by atoms with Crippen molar-refractivity contribution in [1.82, 2.24) is 0 Å². The number of benzene rings is 1. The van der Waals surface area contributed by atoms with Crippen LogP contribution in [0.5, 0.6) is 5.75 Å². The van der Waals surface area contributed by atoms with Crippen molar-refractivity contribution < 1.29 is 9.47 Å². The van der Waals surface area contributed by atoms with Crippen LogP contribution in [-0.4, -0.2) is 26.9 Å². The first kappa shape index (κ1) is 13.4. The van der Waals surface area contributed by atoms with Crippen LogP contribution in [-0.2, 0) is 16.6 Å². The van der Waals surface area contributed by atoms with Crippen molar-refractivity contribution in [3.05, 3.63) is 29.3 Å². The lowest BCUT2D eigenvalue weighted by Gasteiger charge is -2.42. The lowest BCUT2D eigenvalue weighted by molar-refractivity contribution is -0.0649. The quantitative estimate of drug-likeness (QED) is 0.841. The first-order valence-corrected chi connectivity index (χ1v) is 6.71. The fourth-order valence-corrected chi connectivity index (χ4v) is 2.63. The minimum absolute atomic E-state index is 0.190. The van der Waals surface area contributed by atoms with Crippen LogP contribution in [0.4, 0.5) is 0 Å². The Hall–Kier alpha value is -1.06. The first-order chi connectivity index (χ1) is 8.75. The summed E-state index contributed by atoms with van der Waals surface area (Å²) in [6.45, 7) is 4.55. The Morgan fingerprint density at radius 1 is 1.39 bits per heavy atom. The van der Waals surface area contributed by atoms with E-state index in [1.165, 1.54) is 11.1 Å². The predicted octanol–water partition coefficient (Wildman–Crippen LogP) is 2.26. The van der Waals surface area contributed by atoms with Gasteiger partial charge in [0, 0.05) is 5.41 Å². The molecule has 0 aliphatic carbocycles. The highest BCUT2D eigenvalue weighted by atomic mass is 16.5. The zero-order valence-electron chi connectivity index (χ0n) is 11.4. The van der Waals surface area contributed by atoms with Gasteiger partial charge >= 0.3 is 0 Å².